The molecule has 5 rings (SSSR count). The molecule has 2 aliphatic rings. The maximum atomic E-state index is 13.4. The van der Waals surface area contributed by atoms with Gasteiger partial charge in [0, 0.05) is 41.9 Å². The van der Waals surface area contributed by atoms with E-state index in [0.29, 0.717) is 23.5 Å². The van der Waals surface area contributed by atoms with Gasteiger partial charge in [0.05, 0.1) is 11.6 Å². The van der Waals surface area contributed by atoms with Gasteiger partial charge in [-0.15, -0.1) is 11.3 Å². The molecule has 0 bridgehead atoms. The summed E-state index contributed by atoms with van der Waals surface area (Å²) in [5.74, 6) is -0.138. The Morgan fingerprint density at radius 3 is 2.77 bits per heavy atom. The summed E-state index contributed by atoms with van der Waals surface area (Å²) in [4.78, 5) is 25.7. The third-order valence-electron chi connectivity index (χ3n) is 7.20. The van der Waals surface area contributed by atoms with Gasteiger partial charge in [-0.2, -0.15) is 0 Å². The normalized spacial score (nSPS) is 22.1. The van der Waals surface area contributed by atoms with Crippen molar-refractivity contribution >= 4 is 39.0 Å². The molecule has 3 atom stereocenters. The number of hydrogen-bond donors (Lipinski definition) is 3. The largest absolute Gasteiger partial charge is 0.397 e. The van der Waals surface area contributed by atoms with Crippen molar-refractivity contribution in [2.24, 2.45) is 5.92 Å². The van der Waals surface area contributed by atoms with Crippen LogP contribution in [0.25, 0.3) is 10.2 Å². The van der Waals surface area contributed by atoms with Gasteiger partial charge in [-0.1, -0.05) is 6.07 Å². The monoisotopic (exact) mass is 500 g/mol. The molecule has 1 aliphatic carbocycles. The number of alkyl halides is 2. The number of anilines is 2. The minimum Gasteiger partial charge on any atom is -0.397 e. The molecular formula is C25H30F2N6OS. The SMILES string of the molecule is CNC1CN(c2ccc3c(n2)CCC(NC(=O)c2sc4nc(C)cc(C)c4c2N)C3)CC1C(F)F. The number of carbonyl (C=O) groups excluding carboxylic acids is 1. The van der Waals surface area contributed by atoms with Crippen molar-refractivity contribution in [2.75, 3.05) is 30.8 Å². The summed E-state index contributed by atoms with van der Waals surface area (Å²) >= 11 is 1.33. The lowest BCUT2D eigenvalue weighted by atomic mass is 9.91. The average molecular weight is 501 g/mol. The van der Waals surface area contributed by atoms with Crippen molar-refractivity contribution in [2.45, 2.75) is 51.6 Å². The van der Waals surface area contributed by atoms with Crippen molar-refractivity contribution in [3.63, 3.8) is 0 Å². The van der Waals surface area contributed by atoms with Gasteiger partial charge in [0.15, 0.2) is 0 Å². The Kier molecular flexibility index (Phi) is 6.35. The zero-order chi connectivity index (χ0) is 24.9. The van der Waals surface area contributed by atoms with Crippen LogP contribution < -0.4 is 21.3 Å². The fourth-order valence-corrected chi connectivity index (χ4v) is 6.48. The molecule has 4 N–H and O–H groups in total. The summed E-state index contributed by atoms with van der Waals surface area (Å²) in [5.41, 5.74) is 10.8. The van der Waals surface area contributed by atoms with Crippen LogP contribution in [0.4, 0.5) is 20.3 Å². The summed E-state index contributed by atoms with van der Waals surface area (Å²) in [6, 6.07) is 5.62. The van der Waals surface area contributed by atoms with Crippen molar-refractivity contribution in [1.82, 2.24) is 20.6 Å². The Hall–Kier alpha value is -2.85. The Labute approximate surface area is 207 Å². The van der Waals surface area contributed by atoms with Gasteiger partial charge in [-0.05, 0) is 63.4 Å². The van der Waals surface area contributed by atoms with Gasteiger partial charge in [0.1, 0.15) is 15.5 Å². The van der Waals surface area contributed by atoms with Crippen LogP contribution in [0.5, 0.6) is 0 Å². The van der Waals surface area contributed by atoms with Gasteiger partial charge in [0.25, 0.3) is 5.91 Å². The molecule has 3 unspecified atom stereocenters. The van der Waals surface area contributed by atoms with E-state index in [-0.39, 0.29) is 24.5 Å². The number of nitrogen functional groups attached to an aromatic ring is 1. The number of nitrogens with zero attached hydrogens (tertiary/aromatic N) is 3. The lowest BCUT2D eigenvalue weighted by Gasteiger charge is -2.26. The van der Waals surface area contributed by atoms with Crippen molar-refractivity contribution < 1.29 is 13.6 Å². The summed E-state index contributed by atoms with van der Waals surface area (Å²) in [6.45, 7) is 4.72. The molecule has 35 heavy (non-hydrogen) atoms. The summed E-state index contributed by atoms with van der Waals surface area (Å²) in [5, 5.41) is 7.01. The molecule has 1 aliphatic heterocycles. The minimum atomic E-state index is -2.36. The second-order valence-electron chi connectivity index (χ2n) is 9.59. The molecule has 7 nitrogen and oxygen atoms in total. The number of halogens is 2. The Morgan fingerprint density at radius 1 is 1.26 bits per heavy atom. The highest BCUT2D eigenvalue weighted by Crippen LogP contribution is 2.35. The molecule has 1 saturated heterocycles. The van der Waals surface area contributed by atoms with Crippen LogP contribution in [-0.4, -0.2) is 54.5 Å². The van der Waals surface area contributed by atoms with Gasteiger partial charge >= 0.3 is 0 Å². The van der Waals surface area contributed by atoms with Gasteiger partial charge in [-0.25, -0.2) is 18.7 Å². The van der Waals surface area contributed by atoms with Gasteiger partial charge in [0.2, 0.25) is 6.43 Å². The third-order valence-corrected chi connectivity index (χ3v) is 8.30. The molecule has 3 aromatic heterocycles. The lowest BCUT2D eigenvalue weighted by molar-refractivity contribution is 0.0753. The van der Waals surface area contributed by atoms with E-state index >= 15 is 0 Å². The molecule has 4 heterocycles. The number of amides is 1. The number of fused-ring (bicyclic) bond motifs is 2. The Balaban J connectivity index is 1.28. The molecule has 186 valence electrons. The Morgan fingerprint density at radius 2 is 2.06 bits per heavy atom. The zero-order valence-corrected chi connectivity index (χ0v) is 20.9. The first-order valence-corrected chi connectivity index (χ1v) is 12.7. The van der Waals surface area contributed by atoms with Crippen LogP contribution in [0.15, 0.2) is 18.2 Å². The number of rotatable bonds is 5. The number of likely N-dealkylation sites (N-methyl/N-ethyl adjacent to an activating group) is 1. The number of pyridine rings is 2. The van der Waals surface area contributed by atoms with E-state index in [0.717, 1.165) is 51.4 Å². The van der Waals surface area contributed by atoms with Crippen LogP contribution >= 0.6 is 11.3 Å². The first-order valence-electron chi connectivity index (χ1n) is 11.9. The van der Waals surface area contributed by atoms with Gasteiger partial charge < -0.3 is 21.3 Å². The van der Waals surface area contributed by atoms with E-state index < -0.39 is 12.3 Å². The molecular weight excluding hydrogens is 470 g/mol. The van der Waals surface area contributed by atoms with E-state index in [1.807, 2.05) is 36.9 Å². The van der Waals surface area contributed by atoms with E-state index in [1.165, 1.54) is 11.3 Å². The highest BCUT2D eigenvalue weighted by Gasteiger charge is 2.38. The second kappa shape index (κ2) is 9.31. The van der Waals surface area contributed by atoms with E-state index in [9.17, 15) is 13.6 Å². The number of nitrogens with one attached hydrogen (secondary N) is 2. The number of hydrogen-bond acceptors (Lipinski definition) is 7. The van der Waals surface area contributed by atoms with Crippen LogP contribution in [0.3, 0.4) is 0 Å². The predicted molar refractivity (Wildman–Crippen MR) is 136 cm³/mol. The quantitative estimate of drug-likeness (QED) is 0.497. The molecule has 0 spiro atoms. The maximum absolute atomic E-state index is 13.4. The number of nitrogens with two attached hydrogens (primary N) is 1. The van der Waals surface area contributed by atoms with E-state index in [4.69, 9.17) is 10.7 Å². The predicted octanol–water partition coefficient (Wildman–Crippen LogP) is 3.47. The standard InChI is InChI=1S/C25H30F2N6OS/c1-12-8-13(2)30-25-20(12)21(28)22(35-25)24(34)31-15-5-6-17-14(9-15)4-7-19(32-17)33-10-16(23(26)27)18(11-33)29-3/h4,7-8,15-16,18,23,29H,5-6,9-11,28H2,1-3H3,(H,31,34). The van der Waals surface area contributed by atoms with Crippen molar-refractivity contribution in [1.29, 1.82) is 0 Å². The minimum absolute atomic E-state index is 0.0215. The molecule has 1 fully saturated rings. The van der Waals surface area contributed by atoms with Crippen LogP contribution in [0, 0.1) is 19.8 Å². The molecule has 10 heteroatoms. The number of aryl methyl sites for hydroxylation is 3. The third kappa shape index (κ3) is 4.45. The first kappa shape index (κ1) is 23.9. The summed E-state index contributed by atoms with van der Waals surface area (Å²) in [7, 11) is 1.73. The van der Waals surface area contributed by atoms with Crippen LogP contribution in [0.2, 0.25) is 0 Å². The average Bonchev–Trinajstić information content (AvgIpc) is 3.40. The summed E-state index contributed by atoms with van der Waals surface area (Å²) < 4.78 is 26.8. The lowest BCUT2D eigenvalue weighted by Crippen LogP contribution is -2.39. The summed E-state index contributed by atoms with van der Waals surface area (Å²) in [6.07, 6.45) is -0.209. The smallest absolute Gasteiger partial charge is 0.263 e. The Bertz CT molecular complexity index is 1280. The first-order chi connectivity index (χ1) is 16.7. The van der Waals surface area contributed by atoms with E-state index in [1.54, 1.807) is 7.05 Å². The molecule has 0 radical (unpaired) electrons. The molecule has 0 saturated carbocycles. The number of carbonyl (C=O) groups is 1. The maximum Gasteiger partial charge on any atom is 0.263 e. The zero-order valence-electron chi connectivity index (χ0n) is 20.1. The molecule has 0 aromatic carbocycles. The van der Waals surface area contributed by atoms with Crippen molar-refractivity contribution in [3.05, 3.63) is 45.6 Å². The van der Waals surface area contributed by atoms with Crippen molar-refractivity contribution in [3.8, 4) is 0 Å². The van der Waals surface area contributed by atoms with Crippen LogP contribution in [0.1, 0.15) is 38.6 Å². The molecule has 3 aromatic rings. The molecule has 1 amide bonds. The highest BCUT2D eigenvalue weighted by molar-refractivity contribution is 7.21. The number of thiophene rings is 1. The highest BCUT2D eigenvalue weighted by atomic mass is 32.1. The van der Waals surface area contributed by atoms with E-state index in [2.05, 4.69) is 15.6 Å². The topological polar surface area (TPSA) is 96.2 Å². The second-order valence-corrected chi connectivity index (χ2v) is 10.6. The number of aromatic nitrogens is 2. The van der Waals surface area contributed by atoms with Gasteiger partial charge in [-0.3, -0.25) is 4.79 Å². The fourth-order valence-electron chi connectivity index (χ4n) is 5.36. The van der Waals surface area contributed by atoms with Crippen LogP contribution in [-0.2, 0) is 12.8 Å². The fraction of sp³-hybridized carbons (Fsp3) is 0.480.